The fraction of sp³-hybridized carbons (Fsp3) is 0.407. The van der Waals surface area contributed by atoms with Crippen LogP contribution in [0.5, 0.6) is 11.5 Å². The molecule has 1 aliphatic carbocycles. The summed E-state index contributed by atoms with van der Waals surface area (Å²) in [6.07, 6.45) is 6.94. The monoisotopic (exact) mass is 511 g/mol. The Kier molecular flexibility index (Phi) is 7.01. The van der Waals surface area contributed by atoms with E-state index in [0.29, 0.717) is 18.0 Å². The SMILES string of the molecule is COc1ccc([C@@]23CC[C@H](NC(=O)Nc4ccc(F)c(F)c4)C[C@H]2N(Cc2ncc[nH]2)CC3)cc1OC. The summed E-state index contributed by atoms with van der Waals surface area (Å²) in [6, 6.07) is 9.08. The maximum Gasteiger partial charge on any atom is 0.319 e. The van der Waals surface area contributed by atoms with E-state index in [0.717, 1.165) is 50.2 Å². The summed E-state index contributed by atoms with van der Waals surface area (Å²) in [6.45, 7) is 1.58. The van der Waals surface area contributed by atoms with Gasteiger partial charge >= 0.3 is 6.03 Å². The molecule has 2 amide bonds. The first-order valence-corrected chi connectivity index (χ1v) is 12.4. The number of ether oxygens (including phenoxy) is 2. The number of carbonyl (C=O) groups excluding carboxylic acids is 1. The number of methoxy groups -OCH3 is 2. The number of halogens is 2. The van der Waals surface area contributed by atoms with Crippen LogP contribution < -0.4 is 20.1 Å². The van der Waals surface area contributed by atoms with Crippen molar-refractivity contribution in [1.29, 1.82) is 0 Å². The van der Waals surface area contributed by atoms with E-state index in [9.17, 15) is 13.6 Å². The van der Waals surface area contributed by atoms with Crippen LogP contribution in [-0.2, 0) is 12.0 Å². The number of aromatic nitrogens is 2. The fourth-order valence-electron chi connectivity index (χ4n) is 5.95. The number of nitrogens with one attached hydrogen (secondary N) is 3. The lowest BCUT2D eigenvalue weighted by Gasteiger charge is -2.45. The molecule has 0 spiro atoms. The van der Waals surface area contributed by atoms with Crippen LogP contribution in [0, 0.1) is 11.6 Å². The Balaban J connectivity index is 1.36. The quantitative estimate of drug-likeness (QED) is 0.432. The third-order valence-corrected chi connectivity index (χ3v) is 7.75. The number of rotatable bonds is 7. The van der Waals surface area contributed by atoms with Crippen molar-refractivity contribution >= 4 is 11.7 Å². The second-order valence-electron chi connectivity index (χ2n) is 9.70. The zero-order chi connectivity index (χ0) is 26.0. The molecule has 8 nitrogen and oxygen atoms in total. The number of anilines is 1. The van der Waals surface area contributed by atoms with E-state index in [1.54, 1.807) is 20.4 Å². The molecule has 2 aliphatic rings. The molecule has 0 radical (unpaired) electrons. The van der Waals surface area contributed by atoms with Crippen molar-refractivity contribution < 1.29 is 23.0 Å². The minimum absolute atomic E-state index is 0.0826. The predicted octanol–water partition coefficient (Wildman–Crippen LogP) is 4.59. The van der Waals surface area contributed by atoms with Gasteiger partial charge in [-0.3, -0.25) is 4.90 Å². The Morgan fingerprint density at radius 2 is 1.97 bits per heavy atom. The van der Waals surface area contributed by atoms with E-state index in [4.69, 9.17) is 9.47 Å². The molecule has 3 N–H and O–H groups in total. The van der Waals surface area contributed by atoms with Crippen LogP contribution in [0.25, 0.3) is 0 Å². The molecule has 10 heteroatoms. The van der Waals surface area contributed by atoms with Crippen LogP contribution in [0.4, 0.5) is 19.3 Å². The minimum Gasteiger partial charge on any atom is -0.493 e. The Morgan fingerprint density at radius 1 is 1.14 bits per heavy atom. The highest BCUT2D eigenvalue weighted by Crippen LogP contribution is 2.50. The predicted molar refractivity (Wildman–Crippen MR) is 135 cm³/mol. The van der Waals surface area contributed by atoms with Crippen molar-refractivity contribution in [3.63, 3.8) is 0 Å². The van der Waals surface area contributed by atoms with Crippen LogP contribution in [0.1, 0.15) is 37.1 Å². The number of likely N-dealkylation sites (tertiary alicyclic amines) is 1. The zero-order valence-electron chi connectivity index (χ0n) is 20.9. The summed E-state index contributed by atoms with van der Waals surface area (Å²) in [5, 5.41) is 5.66. The molecular weight excluding hydrogens is 480 g/mol. The summed E-state index contributed by atoms with van der Waals surface area (Å²) in [4.78, 5) is 22.8. The molecule has 196 valence electrons. The van der Waals surface area contributed by atoms with Crippen molar-refractivity contribution in [2.45, 2.75) is 49.7 Å². The number of amides is 2. The molecule has 37 heavy (non-hydrogen) atoms. The smallest absolute Gasteiger partial charge is 0.319 e. The summed E-state index contributed by atoms with van der Waals surface area (Å²) in [5.74, 6) is 0.323. The number of H-pyrrole nitrogens is 1. The molecule has 2 heterocycles. The summed E-state index contributed by atoms with van der Waals surface area (Å²) >= 11 is 0. The third kappa shape index (κ3) is 4.98. The van der Waals surface area contributed by atoms with Crippen LogP contribution in [0.3, 0.4) is 0 Å². The van der Waals surface area contributed by atoms with Crippen LogP contribution >= 0.6 is 0 Å². The number of hydrogen-bond acceptors (Lipinski definition) is 5. The molecule has 3 aromatic rings. The Labute approximate surface area is 214 Å². The number of nitrogens with zero attached hydrogens (tertiary/aromatic N) is 2. The van der Waals surface area contributed by atoms with Crippen molar-refractivity contribution in [2.24, 2.45) is 0 Å². The molecule has 5 rings (SSSR count). The van der Waals surface area contributed by atoms with Gasteiger partial charge in [0, 0.05) is 41.6 Å². The lowest BCUT2D eigenvalue weighted by atomic mass is 9.65. The van der Waals surface area contributed by atoms with E-state index < -0.39 is 17.7 Å². The second kappa shape index (κ2) is 10.4. The fourth-order valence-corrected chi connectivity index (χ4v) is 5.95. The highest BCUT2D eigenvalue weighted by atomic mass is 19.2. The van der Waals surface area contributed by atoms with Gasteiger partial charge in [-0.25, -0.2) is 18.6 Å². The Morgan fingerprint density at radius 3 is 2.70 bits per heavy atom. The van der Waals surface area contributed by atoms with E-state index in [1.807, 2.05) is 12.3 Å². The third-order valence-electron chi connectivity index (χ3n) is 7.75. The standard InChI is InChI=1S/C27H31F2N5O3/c1-36-22-6-3-17(13-23(22)37-2)27-8-7-19(33-26(35)32-18-4-5-20(28)21(29)14-18)15-24(27)34(12-9-27)16-25-30-10-11-31-25/h3-6,10-11,13-14,19,24H,7-9,12,15-16H2,1-2H3,(H,30,31)(H2,32,33,35)/t19-,24+,27-/m0/s1. The van der Waals surface area contributed by atoms with Gasteiger partial charge in [0.05, 0.1) is 20.8 Å². The Bertz CT molecular complexity index is 1250. The summed E-state index contributed by atoms with van der Waals surface area (Å²) in [7, 11) is 3.27. The topological polar surface area (TPSA) is 91.5 Å². The second-order valence-corrected chi connectivity index (χ2v) is 9.70. The lowest BCUT2D eigenvalue weighted by Crippen LogP contribution is -2.52. The number of carbonyl (C=O) groups is 1. The lowest BCUT2D eigenvalue weighted by molar-refractivity contribution is 0.129. The molecule has 0 unspecified atom stereocenters. The molecule has 1 aliphatic heterocycles. The number of aromatic amines is 1. The van der Waals surface area contributed by atoms with Gasteiger partial charge in [0.25, 0.3) is 0 Å². The number of fused-ring (bicyclic) bond motifs is 1. The zero-order valence-corrected chi connectivity index (χ0v) is 20.9. The highest BCUT2D eigenvalue weighted by molar-refractivity contribution is 5.89. The van der Waals surface area contributed by atoms with Crippen molar-refractivity contribution in [3.05, 3.63) is 71.8 Å². The van der Waals surface area contributed by atoms with Crippen LogP contribution in [-0.4, -0.2) is 53.7 Å². The molecule has 1 aromatic heterocycles. The molecular formula is C27H31F2N5O3. The van der Waals surface area contributed by atoms with Gasteiger partial charge in [-0.05, 0) is 62.1 Å². The average molecular weight is 512 g/mol. The van der Waals surface area contributed by atoms with Crippen molar-refractivity contribution in [2.75, 3.05) is 26.1 Å². The largest absolute Gasteiger partial charge is 0.493 e. The van der Waals surface area contributed by atoms with E-state index in [1.165, 1.54) is 11.6 Å². The normalized spacial score (nSPS) is 23.4. The van der Waals surface area contributed by atoms with E-state index in [2.05, 4.69) is 37.6 Å². The van der Waals surface area contributed by atoms with E-state index >= 15 is 0 Å². The van der Waals surface area contributed by atoms with Crippen LogP contribution in [0.2, 0.25) is 0 Å². The molecule has 0 bridgehead atoms. The van der Waals surface area contributed by atoms with Gasteiger partial charge in [0.15, 0.2) is 23.1 Å². The highest BCUT2D eigenvalue weighted by Gasteiger charge is 2.51. The number of benzene rings is 2. The van der Waals surface area contributed by atoms with Gasteiger partial charge in [0.2, 0.25) is 0 Å². The van der Waals surface area contributed by atoms with Crippen molar-refractivity contribution in [3.8, 4) is 11.5 Å². The van der Waals surface area contributed by atoms with Gasteiger partial charge in [-0.2, -0.15) is 0 Å². The van der Waals surface area contributed by atoms with Crippen LogP contribution in [0.15, 0.2) is 48.8 Å². The minimum atomic E-state index is -1.00. The maximum atomic E-state index is 13.6. The first kappa shape index (κ1) is 25.0. The first-order valence-electron chi connectivity index (χ1n) is 12.4. The van der Waals surface area contributed by atoms with Gasteiger partial charge in [-0.15, -0.1) is 0 Å². The number of hydrogen-bond donors (Lipinski definition) is 3. The molecule has 3 atom stereocenters. The molecule has 1 saturated heterocycles. The average Bonchev–Trinajstić information content (AvgIpc) is 3.55. The number of urea groups is 1. The molecule has 2 fully saturated rings. The molecule has 2 aromatic carbocycles. The maximum absolute atomic E-state index is 13.6. The first-order chi connectivity index (χ1) is 17.9. The Hall–Kier alpha value is -3.66. The van der Waals surface area contributed by atoms with Gasteiger partial charge in [0.1, 0.15) is 5.82 Å². The van der Waals surface area contributed by atoms with E-state index in [-0.39, 0.29) is 23.2 Å². The number of imidazole rings is 1. The van der Waals surface area contributed by atoms with Gasteiger partial charge in [-0.1, -0.05) is 6.07 Å². The summed E-state index contributed by atoms with van der Waals surface area (Å²) in [5.41, 5.74) is 1.29. The van der Waals surface area contributed by atoms with Gasteiger partial charge < -0.3 is 25.1 Å². The van der Waals surface area contributed by atoms with Crippen molar-refractivity contribution in [1.82, 2.24) is 20.2 Å². The summed E-state index contributed by atoms with van der Waals surface area (Å²) < 4.78 is 37.9. The molecule has 1 saturated carbocycles.